The largest absolute Gasteiger partial charge is 0.350 e. The maximum atomic E-state index is 12.9. The van der Waals surface area contributed by atoms with E-state index in [-0.39, 0.29) is 10.7 Å². The number of carbonyl (C=O) groups excluding carboxylic acids is 3. The van der Waals surface area contributed by atoms with Crippen molar-refractivity contribution >= 4 is 69.6 Å². The molecule has 1 aliphatic heterocycles. The Bertz CT molecular complexity index is 1290. The monoisotopic (exact) mass is 485 g/mol. The third kappa shape index (κ3) is 4.34. The first-order valence-corrected chi connectivity index (χ1v) is 10.5. The van der Waals surface area contributed by atoms with Crippen molar-refractivity contribution in [3.8, 4) is 0 Å². The molecule has 3 amide bonds. The Morgan fingerprint density at radius 2 is 1.56 bits per heavy atom. The van der Waals surface area contributed by atoms with Crippen LogP contribution < -0.4 is 15.5 Å². The zero-order valence-electron chi connectivity index (χ0n) is 16.2. The van der Waals surface area contributed by atoms with Gasteiger partial charge in [0.2, 0.25) is 0 Å². The molecule has 0 unspecified atom stereocenters. The fourth-order valence-electron chi connectivity index (χ4n) is 3.10. The fraction of sp³-hybridized carbons (Fsp3) is 0. The smallest absolute Gasteiger partial charge is 0.283 e. The number of nitrogens with one attached hydrogen (secondary N) is 2. The van der Waals surface area contributed by atoms with Gasteiger partial charge < -0.3 is 10.6 Å². The number of imide groups is 1. The molecule has 0 aliphatic carbocycles. The van der Waals surface area contributed by atoms with E-state index in [2.05, 4.69) is 10.6 Å². The summed E-state index contributed by atoms with van der Waals surface area (Å²) in [6, 6.07) is 19.6. The predicted octanol–water partition coefficient (Wildman–Crippen LogP) is 5.68. The number of benzene rings is 3. The van der Waals surface area contributed by atoms with Crippen molar-refractivity contribution in [1.82, 2.24) is 0 Å². The van der Waals surface area contributed by atoms with Crippen LogP contribution >= 0.6 is 34.8 Å². The molecule has 3 aromatic carbocycles. The van der Waals surface area contributed by atoms with Gasteiger partial charge in [-0.3, -0.25) is 14.4 Å². The number of hydrogen-bond acceptors (Lipinski definition) is 4. The van der Waals surface area contributed by atoms with Crippen LogP contribution in [-0.4, -0.2) is 17.7 Å². The third-order valence-electron chi connectivity index (χ3n) is 4.61. The molecule has 6 nitrogen and oxygen atoms in total. The first-order chi connectivity index (χ1) is 15.3. The minimum atomic E-state index is -0.672. The van der Waals surface area contributed by atoms with Crippen molar-refractivity contribution in [2.45, 2.75) is 0 Å². The molecule has 0 radical (unpaired) electrons. The molecule has 0 saturated carbocycles. The van der Waals surface area contributed by atoms with E-state index in [0.717, 1.165) is 4.90 Å². The number of hydrogen-bond donors (Lipinski definition) is 2. The summed E-state index contributed by atoms with van der Waals surface area (Å²) in [5.74, 6) is -1.70. The van der Waals surface area contributed by atoms with Gasteiger partial charge in [0.15, 0.2) is 0 Å². The molecule has 4 rings (SSSR count). The fourth-order valence-corrected chi connectivity index (χ4v) is 3.68. The summed E-state index contributed by atoms with van der Waals surface area (Å²) in [6.45, 7) is 0. The van der Waals surface area contributed by atoms with Gasteiger partial charge in [-0.1, -0.05) is 59.1 Å². The minimum absolute atomic E-state index is 0.0969. The average Bonchev–Trinajstić information content (AvgIpc) is 2.98. The van der Waals surface area contributed by atoms with E-state index in [1.165, 1.54) is 12.1 Å². The van der Waals surface area contributed by atoms with E-state index in [1.54, 1.807) is 60.7 Å². The lowest BCUT2D eigenvalue weighted by atomic mass is 10.1. The van der Waals surface area contributed by atoms with Crippen LogP contribution in [0.2, 0.25) is 10.0 Å². The Balaban J connectivity index is 1.55. The van der Waals surface area contributed by atoms with Crippen molar-refractivity contribution in [3.63, 3.8) is 0 Å². The molecular formula is C23H14Cl3N3O3. The lowest BCUT2D eigenvalue weighted by Gasteiger charge is -2.15. The van der Waals surface area contributed by atoms with Crippen molar-refractivity contribution in [2.24, 2.45) is 0 Å². The van der Waals surface area contributed by atoms with Crippen molar-refractivity contribution in [1.29, 1.82) is 0 Å². The summed E-state index contributed by atoms with van der Waals surface area (Å²) in [6.07, 6.45) is 0. The Morgan fingerprint density at radius 1 is 0.812 bits per heavy atom. The van der Waals surface area contributed by atoms with Gasteiger partial charge in [-0.15, -0.1) is 0 Å². The van der Waals surface area contributed by atoms with Crippen LogP contribution in [0.25, 0.3) is 0 Å². The van der Waals surface area contributed by atoms with Crippen LogP contribution in [0.3, 0.4) is 0 Å². The molecule has 0 spiro atoms. The highest BCUT2D eigenvalue weighted by Gasteiger charge is 2.39. The van der Waals surface area contributed by atoms with Crippen LogP contribution in [0.15, 0.2) is 83.5 Å². The normalized spacial score (nSPS) is 13.5. The molecule has 32 heavy (non-hydrogen) atoms. The maximum Gasteiger partial charge on any atom is 0.283 e. The van der Waals surface area contributed by atoms with Crippen molar-refractivity contribution in [3.05, 3.63) is 99.1 Å². The molecule has 2 N–H and O–H groups in total. The molecule has 160 valence electrons. The molecule has 0 bridgehead atoms. The summed E-state index contributed by atoms with van der Waals surface area (Å²) in [4.78, 5) is 39.1. The molecule has 3 aromatic rings. The summed E-state index contributed by atoms with van der Waals surface area (Å²) >= 11 is 18.2. The SMILES string of the molecule is O=C(Nc1ccccc1Cl)c1cccc(NC2=C(Cl)C(=O)N(c3cccc(Cl)c3)C2=O)c1. The highest BCUT2D eigenvalue weighted by atomic mass is 35.5. The number of amides is 3. The highest BCUT2D eigenvalue weighted by Crippen LogP contribution is 2.31. The van der Waals surface area contributed by atoms with Gasteiger partial charge in [0.1, 0.15) is 10.7 Å². The molecule has 0 saturated heterocycles. The van der Waals surface area contributed by atoms with Crippen LogP contribution in [0.5, 0.6) is 0 Å². The first-order valence-electron chi connectivity index (χ1n) is 9.32. The zero-order valence-corrected chi connectivity index (χ0v) is 18.5. The second-order valence-corrected chi connectivity index (χ2v) is 7.98. The summed E-state index contributed by atoms with van der Waals surface area (Å²) < 4.78 is 0. The molecule has 9 heteroatoms. The zero-order chi connectivity index (χ0) is 22.8. The van der Waals surface area contributed by atoms with Gasteiger partial charge in [0, 0.05) is 16.3 Å². The molecule has 0 aromatic heterocycles. The number of halogens is 3. The highest BCUT2D eigenvalue weighted by molar-refractivity contribution is 6.53. The number of rotatable bonds is 5. The number of nitrogens with zero attached hydrogens (tertiary/aromatic N) is 1. The lowest BCUT2D eigenvalue weighted by molar-refractivity contribution is -0.120. The lowest BCUT2D eigenvalue weighted by Crippen LogP contribution is -2.32. The number of carbonyl (C=O) groups is 3. The van der Waals surface area contributed by atoms with E-state index in [1.807, 2.05) is 0 Å². The molecule has 1 aliphatic rings. The van der Waals surface area contributed by atoms with Crippen LogP contribution in [0.4, 0.5) is 17.1 Å². The Kier molecular flexibility index (Phi) is 6.19. The standard InChI is InChI=1S/C23H14Cl3N3O3/c24-14-6-4-8-16(12-14)29-22(31)19(26)20(23(29)32)27-15-7-3-5-13(11-15)21(30)28-18-10-2-1-9-17(18)25/h1-12,27H,(H,28,30). The van der Waals surface area contributed by atoms with Crippen molar-refractivity contribution < 1.29 is 14.4 Å². The summed E-state index contributed by atoms with van der Waals surface area (Å²) in [5.41, 5.74) is 1.39. The average molecular weight is 487 g/mol. The van der Waals surface area contributed by atoms with Gasteiger partial charge in [0.05, 0.1) is 16.4 Å². The summed E-state index contributed by atoms with van der Waals surface area (Å²) in [5, 5.41) is 6.10. The van der Waals surface area contributed by atoms with Crippen LogP contribution in [0, 0.1) is 0 Å². The van der Waals surface area contributed by atoms with E-state index in [9.17, 15) is 14.4 Å². The third-order valence-corrected chi connectivity index (χ3v) is 5.53. The van der Waals surface area contributed by atoms with E-state index in [0.29, 0.717) is 32.7 Å². The van der Waals surface area contributed by atoms with E-state index >= 15 is 0 Å². The number of anilines is 3. The van der Waals surface area contributed by atoms with Crippen LogP contribution in [0.1, 0.15) is 10.4 Å². The second kappa shape index (κ2) is 9.04. The van der Waals surface area contributed by atoms with Gasteiger partial charge in [-0.25, -0.2) is 4.90 Å². The van der Waals surface area contributed by atoms with Gasteiger partial charge >= 0.3 is 0 Å². The van der Waals surface area contributed by atoms with E-state index < -0.39 is 17.7 Å². The topological polar surface area (TPSA) is 78.5 Å². The maximum absolute atomic E-state index is 12.9. The van der Waals surface area contributed by atoms with Crippen LogP contribution in [-0.2, 0) is 9.59 Å². The minimum Gasteiger partial charge on any atom is -0.350 e. The van der Waals surface area contributed by atoms with Crippen molar-refractivity contribution in [2.75, 3.05) is 15.5 Å². The molecule has 0 fully saturated rings. The molecular weight excluding hydrogens is 473 g/mol. The number of para-hydroxylation sites is 1. The van der Waals surface area contributed by atoms with Gasteiger partial charge in [0.25, 0.3) is 17.7 Å². The van der Waals surface area contributed by atoms with Gasteiger partial charge in [-0.05, 0) is 48.5 Å². The predicted molar refractivity (Wildman–Crippen MR) is 126 cm³/mol. The first kappa shape index (κ1) is 21.9. The van der Waals surface area contributed by atoms with Gasteiger partial charge in [-0.2, -0.15) is 0 Å². The van der Waals surface area contributed by atoms with E-state index in [4.69, 9.17) is 34.8 Å². The Labute approximate surface area is 198 Å². The Morgan fingerprint density at radius 3 is 2.31 bits per heavy atom. The Hall–Kier alpha value is -3.32. The second-order valence-electron chi connectivity index (χ2n) is 6.75. The molecule has 0 atom stereocenters. The quantitative estimate of drug-likeness (QED) is 0.455. The summed E-state index contributed by atoms with van der Waals surface area (Å²) in [7, 11) is 0. The molecule has 1 heterocycles.